The fourth-order valence-corrected chi connectivity index (χ4v) is 3.15. The molecule has 2 aromatic rings. The summed E-state index contributed by atoms with van der Waals surface area (Å²) in [5, 5.41) is 0. The molecule has 0 aliphatic carbocycles. The smallest absolute Gasteiger partial charge is 0.253 e. The second kappa shape index (κ2) is 7.63. The molecule has 2 aromatic carbocycles. The zero-order chi connectivity index (χ0) is 16.9. The van der Waals surface area contributed by atoms with E-state index in [1.54, 1.807) is 0 Å². The lowest BCUT2D eigenvalue weighted by atomic mass is 10.1. The molecule has 3 heteroatoms. The van der Waals surface area contributed by atoms with Gasteiger partial charge in [-0.1, -0.05) is 47.5 Å². The van der Waals surface area contributed by atoms with Gasteiger partial charge in [-0.15, -0.1) is 0 Å². The Morgan fingerprint density at radius 1 is 1.12 bits per heavy atom. The van der Waals surface area contributed by atoms with E-state index in [0.717, 1.165) is 24.9 Å². The van der Waals surface area contributed by atoms with Crippen molar-refractivity contribution in [2.24, 2.45) is 0 Å². The molecule has 1 amide bonds. The Kier molecular flexibility index (Phi) is 5.31. The number of amides is 1. The van der Waals surface area contributed by atoms with Crippen LogP contribution in [0.1, 0.15) is 39.9 Å². The first-order chi connectivity index (χ1) is 11.6. The summed E-state index contributed by atoms with van der Waals surface area (Å²) < 4.78 is 6.07. The largest absolute Gasteiger partial charge is 0.372 e. The number of carbonyl (C=O) groups excluding carboxylic acids is 1. The van der Waals surface area contributed by atoms with Gasteiger partial charge >= 0.3 is 0 Å². The molecule has 0 N–H and O–H groups in total. The van der Waals surface area contributed by atoms with E-state index in [4.69, 9.17) is 4.74 Å². The van der Waals surface area contributed by atoms with Crippen molar-refractivity contribution in [1.82, 2.24) is 4.90 Å². The number of benzene rings is 2. The number of hydrogen-bond donors (Lipinski definition) is 0. The van der Waals surface area contributed by atoms with Crippen molar-refractivity contribution in [2.45, 2.75) is 39.4 Å². The Labute approximate surface area is 144 Å². The van der Waals surface area contributed by atoms with Gasteiger partial charge in [-0.3, -0.25) is 4.79 Å². The fourth-order valence-electron chi connectivity index (χ4n) is 3.15. The summed E-state index contributed by atoms with van der Waals surface area (Å²) in [4.78, 5) is 14.6. The highest BCUT2D eigenvalue weighted by Gasteiger charge is 2.24. The Morgan fingerprint density at radius 2 is 1.92 bits per heavy atom. The molecule has 3 nitrogen and oxygen atoms in total. The predicted octanol–water partition coefficient (Wildman–Crippen LogP) is 4.12. The Hall–Kier alpha value is -2.13. The van der Waals surface area contributed by atoms with Crippen molar-refractivity contribution in [3.8, 4) is 0 Å². The second-order valence-corrected chi connectivity index (χ2v) is 6.68. The molecule has 0 saturated carbocycles. The summed E-state index contributed by atoms with van der Waals surface area (Å²) >= 11 is 0. The molecule has 1 atom stereocenters. The molecule has 0 spiro atoms. The van der Waals surface area contributed by atoms with E-state index in [1.165, 1.54) is 16.7 Å². The van der Waals surface area contributed by atoms with Crippen molar-refractivity contribution < 1.29 is 9.53 Å². The highest BCUT2D eigenvalue weighted by Crippen LogP contribution is 2.18. The van der Waals surface area contributed by atoms with Crippen LogP contribution in [0.3, 0.4) is 0 Å². The van der Waals surface area contributed by atoms with E-state index >= 15 is 0 Å². The molecule has 1 aliphatic heterocycles. The van der Waals surface area contributed by atoms with E-state index in [-0.39, 0.29) is 12.0 Å². The van der Waals surface area contributed by atoms with Gasteiger partial charge in [0.05, 0.1) is 12.7 Å². The van der Waals surface area contributed by atoms with Gasteiger partial charge in [0, 0.05) is 18.7 Å². The number of likely N-dealkylation sites (tertiary alicyclic amines) is 1. The van der Waals surface area contributed by atoms with Crippen molar-refractivity contribution in [3.05, 3.63) is 70.8 Å². The van der Waals surface area contributed by atoms with E-state index in [9.17, 15) is 4.79 Å². The van der Waals surface area contributed by atoms with Gasteiger partial charge < -0.3 is 9.64 Å². The number of piperidine rings is 1. The number of carbonyl (C=O) groups is 1. The van der Waals surface area contributed by atoms with Gasteiger partial charge in [0.15, 0.2) is 0 Å². The maximum absolute atomic E-state index is 12.6. The topological polar surface area (TPSA) is 29.5 Å². The van der Waals surface area contributed by atoms with Crippen LogP contribution in [0.5, 0.6) is 0 Å². The Bertz CT molecular complexity index is 693. The van der Waals surface area contributed by atoms with Crippen molar-refractivity contribution in [2.75, 3.05) is 13.1 Å². The van der Waals surface area contributed by atoms with Crippen LogP contribution in [0.15, 0.2) is 48.5 Å². The van der Waals surface area contributed by atoms with E-state index in [0.29, 0.717) is 13.2 Å². The van der Waals surface area contributed by atoms with Crippen LogP contribution in [0.4, 0.5) is 0 Å². The average molecular weight is 323 g/mol. The van der Waals surface area contributed by atoms with Crippen molar-refractivity contribution >= 4 is 5.91 Å². The van der Waals surface area contributed by atoms with Gasteiger partial charge in [0.2, 0.25) is 0 Å². The molecular weight excluding hydrogens is 298 g/mol. The minimum absolute atomic E-state index is 0.110. The highest BCUT2D eigenvalue weighted by atomic mass is 16.5. The molecule has 0 aromatic heterocycles. The molecule has 1 aliphatic rings. The van der Waals surface area contributed by atoms with Crippen molar-refractivity contribution in [3.63, 3.8) is 0 Å². The molecule has 0 unspecified atom stereocenters. The first kappa shape index (κ1) is 16.7. The fraction of sp³-hybridized carbons (Fsp3) is 0.381. The maximum atomic E-state index is 12.6. The van der Waals surface area contributed by atoms with Gasteiger partial charge in [-0.2, -0.15) is 0 Å². The normalized spacial score (nSPS) is 17.8. The molecule has 1 fully saturated rings. The summed E-state index contributed by atoms with van der Waals surface area (Å²) in [6.45, 7) is 6.23. The molecule has 0 radical (unpaired) electrons. The minimum Gasteiger partial charge on any atom is -0.372 e. The van der Waals surface area contributed by atoms with Crippen LogP contribution in [-0.4, -0.2) is 30.0 Å². The third kappa shape index (κ3) is 4.24. The maximum Gasteiger partial charge on any atom is 0.253 e. The zero-order valence-corrected chi connectivity index (χ0v) is 14.5. The predicted molar refractivity (Wildman–Crippen MR) is 96.1 cm³/mol. The molecule has 3 rings (SSSR count). The van der Waals surface area contributed by atoms with Crippen LogP contribution in [0, 0.1) is 13.8 Å². The quantitative estimate of drug-likeness (QED) is 0.847. The molecule has 1 saturated heterocycles. The molecule has 0 bridgehead atoms. The Morgan fingerprint density at radius 3 is 2.67 bits per heavy atom. The molecule has 1 heterocycles. The van der Waals surface area contributed by atoms with Gasteiger partial charge in [0.1, 0.15) is 0 Å². The monoisotopic (exact) mass is 323 g/mol. The molecule has 126 valence electrons. The molecular formula is C21H25NO2. The van der Waals surface area contributed by atoms with Crippen LogP contribution < -0.4 is 0 Å². The summed E-state index contributed by atoms with van der Waals surface area (Å²) in [6, 6.07) is 16.2. The lowest BCUT2D eigenvalue weighted by Crippen LogP contribution is -2.43. The first-order valence-electron chi connectivity index (χ1n) is 8.65. The number of ether oxygens (including phenoxy) is 1. The second-order valence-electron chi connectivity index (χ2n) is 6.68. The summed E-state index contributed by atoms with van der Waals surface area (Å²) in [7, 11) is 0. The van der Waals surface area contributed by atoms with Gasteiger partial charge in [0.25, 0.3) is 5.91 Å². The number of hydrogen-bond acceptors (Lipinski definition) is 2. The average Bonchev–Trinajstić information content (AvgIpc) is 2.60. The minimum atomic E-state index is 0.110. The summed E-state index contributed by atoms with van der Waals surface area (Å²) in [5.41, 5.74) is 4.37. The summed E-state index contributed by atoms with van der Waals surface area (Å²) in [6.07, 6.45) is 2.13. The summed E-state index contributed by atoms with van der Waals surface area (Å²) in [5.74, 6) is 0.110. The van der Waals surface area contributed by atoms with Crippen LogP contribution in [0.2, 0.25) is 0 Å². The highest BCUT2D eigenvalue weighted by molar-refractivity contribution is 5.94. The van der Waals surface area contributed by atoms with Crippen LogP contribution in [-0.2, 0) is 11.3 Å². The van der Waals surface area contributed by atoms with E-state index in [2.05, 4.69) is 31.2 Å². The van der Waals surface area contributed by atoms with Crippen LogP contribution >= 0.6 is 0 Å². The number of rotatable bonds is 4. The lowest BCUT2D eigenvalue weighted by Gasteiger charge is -2.32. The SMILES string of the molecule is Cc1ccc(C(=O)N2CCC[C@H](OCc3cccc(C)c3)C2)cc1. The number of nitrogens with zero attached hydrogens (tertiary/aromatic N) is 1. The van der Waals surface area contributed by atoms with Crippen molar-refractivity contribution in [1.29, 1.82) is 0 Å². The number of aryl methyl sites for hydroxylation is 2. The van der Waals surface area contributed by atoms with Crippen LogP contribution in [0.25, 0.3) is 0 Å². The lowest BCUT2D eigenvalue weighted by molar-refractivity contribution is -0.00673. The van der Waals surface area contributed by atoms with Gasteiger partial charge in [-0.05, 0) is 44.4 Å². The third-order valence-corrected chi connectivity index (χ3v) is 4.53. The third-order valence-electron chi connectivity index (χ3n) is 4.53. The van der Waals surface area contributed by atoms with E-state index < -0.39 is 0 Å². The van der Waals surface area contributed by atoms with Gasteiger partial charge in [-0.25, -0.2) is 0 Å². The first-order valence-corrected chi connectivity index (χ1v) is 8.65. The standard InChI is InChI=1S/C21H25NO2/c1-16-8-10-19(11-9-16)21(23)22-12-4-7-20(14-22)24-15-18-6-3-5-17(2)13-18/h3,5-6,8-11,13,20H,4,7,12,14-15H2,1-2H3/t20-/m0/s1. The molecule has 24 heavy (non-hydrogen) atoms. The zero-order valence-electron chi connectivity index (χ0n) is 14.5. The van der Waals surface area contributed by atoms with E-state index in [1.807, 2.05) is 36.1 Å². The Balaban J connectivity index is 1.57.